The van der Waals surface area contributed by atoms with Gasteiger partial charge in [0.25, 0.3) is 0 Å². The summed E-state index contributed by atoms with van der Waals surface area (Å²) in [6.45, 7) is 1.77. The summed E-state index contributed by atoms with van der Waals surface area (Å²) in [7, 11) is -2.08. The maximum absolute atomic E-state index is 13.0. The SMILES string of the molecule is CC(c1ccc(F)cc1)N(C)S(=O)(=O)c1ccc(Br)cc1. The van der Waals surface area contributed by atoms with Gasteiger partial charge in [-0.05, 0) is 48.9 Å². The van der Waals surface area contributed by atoms with E-state index in [-0.39, 0.29) is 16.8 Å². The fraction of sp³-hybridized carbons (Fsp3) is 0.200. The van der Waals surface area contributed by atoms with Gasteiger partial charge in [0, 0.05) is 17.6 Å². The van der Waals surface area contributed by atoms with E-state index in [1.807, 2.05) is 0 Å². The number of nitrogens with zero attached hydrogens (tertiary/aromatic N) is 1. The third-order valence-corrected chi connectivity index (χ3v) is 5.86. The zero-order valence-corrected chi connectivity index (χ0v) is 14.0. The molecule has 2 aromatic rings. The highest BCUT2D eigenvalue weighted by Gasteiger charge is 2.26. The molecule has 0 aliphatic rings. The Morgan fingerprint density at radius 1 is 1.05 bits per heavy atom. The third-order valence-electron chi connectivity index (χ3n) is 3.39. The molecule has 0 saturated carbocycles. The van der Waals surface area contributed by atoms with Crippen molar-refractivity contribution in [3.05, 3.63) is 64.4 Å². The standard InChI is InChI=1S/C15H15BrFNO2S/c1-11(12-3-7-14(17)8-4-12)18(2)21(19,20)15-9-5-13(16)6-10-15/h3-11H,1-2H3. The van der Waals surface area contributed by atoms with Crippen molar-refractivity contribution in [3.8, 4) is 0 Å². The maximum Gasteiger partial charge on any atom is 0.243 e. The van der Waals surface area contributed by atoms with Crippen LogP contribution in [0.25, 0.3) is 0 Å². The van der Waals surface area contributed by atoms with Gasteiger partial charge in [-0.2, -0.15) is 4.31 Å². The first-order valence-corrected chi connectivity index (χ1v) is 8.55. The predicted molar refractivity (Wildman–Crippen MR) is 83.9 cm³/mol. The molecular formula is C15H15BrFNO2S. The van der Waals surface area contributed by atoms with Crippen LogP contribution in [0.15, 0.2) is 57.9 Å². The Balaban J connectivity index is 2.31. The van der Waals surface area contributed by atoms with Crippen molar-refractivity contribution in [1.29, 1.82) is 0 Å². The minimum Gasteiger partial charge on any atom is -0.207 e. The van der Waals surface area contributed by atoms with E-state index in [0.717, 1.165) is 10.0 Å². The van der Waals surface area contributed by atoms with Crippen molar-refractivity contribution >= 4 is 26.0 Å². The molecule has 0 radical (unpaired) electrons. The lowest BCUT2D eigenvalue weighted by atomic mass is 10.1. The van der Waals surface area contributed by atoms with Gasteiger partial charge in [-0.25, -0.2) is 12.8 Å². The molecule has 21 heavy (non-hydrogen) atoms. The maximum atomic E-state index is 13.0. The molecular weight excluding hydrogens is 357 g/mol. The summed E-state index contributed by atoms with van der Waals surface area (Å²) in [6.07, 6.45) is 0. The summed E-state index contributed by atoms with van der Waals surface area (Å²) in [5, 5.41) is 0. The van der Waals surface area contributed by atoms with Crippen molar-refractivity contribution in [3.63, 3.8) is 0 Å². The number of rotatable bonds is 4. The molecule has 0 aliphatic heterocycles. The topological polar surface area (TPSA) is 37.4 Å². The van der Waals surface area contributed by atoms with Gasteiger partial charge in [0.05, 0.1) is 4.90 Å². The van der Waals surface area contributed by atoms with Crippen molar-refractivity contribution in [2.24, 2.45) is 0 Å². The van der Waals surface area contributed by atoms with Crippen molar-refractivity contribution in [1.82, 2.24) is 4.31 Å². The Morgan fingerprint density at radius 2 is 1.57 bits per heavy atom. The molecule has 1 atom stereocenters. The highest BCUT2D eigenvalue weighted by Crippen LogP contribution is 2.26. The van der Waals surface area contributed by atoms with Crippen LogP contribution in [0.4, 0.5) is 4.39 Å². The van der Waals surface area contributed by atoms with Gasteiger partial charge in [0.2, 0.25) is 10.0 Å². The second-order valence-electron chi connectivity index (χ2n) is 4.70. The first kappa shape index (κ1) is 16.1. The van der Waals surface area contributed by atoms with E-state index >= 15 is 0 Å². The predicted octanol–water partition coefficient (Wildman–Crippen LogP) is 3.97. The largest absolute Gasteiger partial charge is 0.243 e. The second-order valence-corrected chi connectivity index (χ2v) is 7.62. The lowest BCUT2D eigenvalue weighted by molar-refractivity contribution is 0.398. The molecule has 0 N–H and O–H groups in total. The molecule has 0 fully saturated rings. The first-order chi connectivity index (χ1) is 9.82. The molecule has 0 bridgehead atoms. The van der Waals surface area contributed by atoms with Crippen molar-refractivity contribution in [2.75, 3.05) is 7.05 Å². The average Bonchev–Trinajstić information content (AvgIpc) is 2.47. The van der Waals surface area contributed by atoms with Crippen LogP contribution < -0.4 is 0 Å². The Bertz CT molecular complexity index is 714. The molecule has 0 aliphatic carbocycles. The molecule has 2 aromatic carbocycles. The molecule has 2 rings (SSSR count). The van der Waals surface area contributed by atoms with E-state index in [4.69, 9.17) is 0 Å². The van der Waals surface area contributed by atoms with Gasteiger partial charge < -0.3 is 0 Å². The Morgan fingerprint density at radius 3 is 2.10 bits per heavy atom. The number of hydrogen-bond donors (Lipinski definition) is 0. The quantitative estimate of drug-likeness (QED) is 0.815. The molecule has 3 nitrogen and oxygen atoms in total. The van der Waals surface area contributed by atoms with Crippen LogP contribution in [0.1, 0.15) is 18.5 Å². The first-order valence-electron chi connectivity index (χ1n) is 6.31. The highest BCUT2D eigenvalue weighted by atomic mass is 79.9. The van der Waals surface area contributed by atoms with Crippen LogP contribution in [-0.2, 0) is 10.0 Å². The lowest BCUT2D eigenvalue weighted by Crippen LogP contribution is -2.29. The van der Waals surface area contributed by atoms with Crippen LogP contribution >= 0.6 is 15.9 Å². The van der Waals surface area contributed by atoms with E-state index in [1.165, 1.54) is 23.5 Å². The van der Waals surface area contributed by atoms with Crippen molar-refractivity contribution in [2.45, 2.75) is 17.9 Å². The molecule has 112 valence electrons. The van der Waals surface area contributed by atoms with Gasteiger partial charge in [0.1, 0.15) is 5.82 Å². The number of sulfonamides is 1. The van der Waals surface area contributed by atoms with E-state index in [0.29, 0.717) is 0 Å². The molecule has 0 spiro atoms. The number of hydrogen-bond acceptors (Lipinski definition) is 2. The smallest absolute Gasteiger partial charge is 0.207 e. The van der Waals surface area contributed by atoms with Gasteiger partial charge in [-0.3, -0.25) is 0 Å². The minimum atomic E-state index is -3.59. The van der Waals surface area contributed by atoms with Crippen LogP contribution in [0.3, 0.4) is 0 Å². The lowest BCUT2D eigenvalue weighted by Gasteiger charge is -2.24. The third kappa shape index (κ3) is 3.51. The zero-order chi connectivity index (χ0) is 15.6. The molecule has 6 heteroatoms. The van der Waals surface area contributed by atoms with E-state index in [1.54, 1.807) is 43.3 Å². The summed E-state index contributed by atoms with van der Waals surface area (Å²) in [4.78, 5) is 0.224. The van der Waals surface area contributed by atoms with Crippen LogP contribution in [0.2, 0.25) is 0 Å². The van der Waals surface area contributed by atoms with Gasteiger partial charge in [-0.15, -0.1) is 0 Å². The fourth-order valence-corrected chi connectivity index (χ4v) is 3.55. The normalized spacial score (nSPS) is 13.4. The van der Waals surface area contributed by atoms with Gasteiger partial charge in [-0.1, -0.05) is 28.1 Å². The van der Waals surface area contributed by atoms with Crippen molar-refractivity contribution < 1.29 is 12.8 Å². The average molecular weight is 372 g/mol. The zero-order valence-electron chi connectivity index (χ0n) is 11.6. The van der Waals surface area contributed by atoms with Gasteiger partial charge in [0.15, 0.2) is 0 Å². The van der Waals surface area contributed by atoms with E-state index < -0.39 is 10.0 Å². The summed E-state index contributed by atoms with van der Waals surface area (Å²) in [5.41, 5.74) is 0.736. The Hall–Kier alpha value is -1.24. The molecule has 0 aromatic heterocycles. The molecule has 0 saturated heterocycles. The fourth-order valence-electron chi connectivity index (χ4n) is 1.93. The monoisotopic (exact) mass is 371 g/mol. The molecule has 0 heterocycles. The second kappa shape index (κ2) is 6.25. The van der Waals surface area contributed by atoms with E-state index in [9.17, 15) is 12.8 Å². The molecule has 0 amide bonds. The number of halogens is 2. The van der Waals surface area contributed by atoms with Gasteiger partial charge >= 0.3 is 0 Å². The summed E-state index contributed by atoms with van der Waals surface area (Å²) in [5.74, 6) is -0.343. The van der Waals surface area contributed by atoms with Crippen LogP contribution in [0, 0.1) is 5.82 Å². The molecule has 1 unspecified atom stereocenters. The summed E-state index contributed by atoms with van der Waals surface area (Å²) >= 11 is 3.28. The Kier molecular flexibility index (Phi) is 4.81. The summed E-state index contributed by atoms with van der Waals surface area (Å²) < 4.78 is 40.2. The highest BCUT2D eigenvalue weighted by molar-refractivity contribution is 9.10. The number of benzene rings is 2. The summed E-state index contributed by atoms with van der Waals surface area (Å²) in [6, 6.07) is 11.9. The Labute approximate surface area is 132 Å². The van der Waals surface area contributed by atoms with Crippen LogP contribution in [-0.4, -0.2) is 19.8 Å². The van der Waals surface area contributed by atoms with E-state index in [2.05, 4.69) is 15.9 Å². The van der Waals surface area contributed by atoms with Crippen LogP contribution in [0.5, 0.6) is 0 Å². The minimum absolute atomic E-state index is 0.224.